The van der Waals surface area contributed by atoms with Crippen LogP contribution in [0.4, 0.5) is 16.3 Å². The minimum absolute atomic E-state index is 0.0868. The van der Waals surface area contributed by atoms with Crippen LogP contribution in [0.15, 0.2) is 6.07 Å². The molecule has 0 bridgehead atoms. The third-order valence-electron chi connectivity index (χ3n) is 3.59. The van der Waals surface area contributed by atoms with E-state index in [1.807, 2.05) is 36.9 Å². The van der Waals surface area contributed by atoms with Gasteiger partial charge in [-0.05, 0) is 19.4 Å². The van der Waals surface area contributed by atoms with Crippen LogP contribution in [0.25, 0.3) is 0 Å². The quantitative estimate of drug-likeness (QED) is 0.868. The maximum absolute atomic E-state index is 12.4. The van der Waals surface area contributed by atoms with Crippen molar-refractivity contribution < 1.29 is 9.53 Å². The van der Waals surface area contributed by atoms with Gasteiger partial charge in [-0.1, -0.05) is 0 Å². The van der Waals surface area contributed by atoms with Gasteiger partial charge in [0.1, 0.15) is 0 Å². The maximum atomic E-state index is 12.4. The van der Waals surface area contributed by atoms with E-state index in [0.717, 1.165) is 12.1 Å². The number of aromatic nitrogens is 2. The fourth-order valence-corrected chi connectivity index (χ4v) is 2.48. The Bertz CT molecular complexity index is 533. The van der Waals surface area contributed by atoms with Crippen molar-refractivity contribution >= 4 is 17.5 Å². The van der Waals surface area contributed by atoms with Crippen LogP contribution in [0, 0.1) is 6.92 Å². The second-order valence-corrected chi connectivity index (χ2v) is 5.45. The Hall–Kier alpha value is -1.89. The molecule has 7 nitrogen and oxygen atoms in total. The number of rotatable bonds is 2. The average Bonchev–Trinajstić information content (AvgIpc) is 3.17. The third kappa shape index (κ3) is 2.40. The molecular weight excluding hydrogens is 258 g/mol. The summed E-state index contributed by atoms with van der Waals surface area (Å²) in [7, 11) is 3.75. The zero-order valence-corrected chi connectivity index (χ0v) is 12.0. The number of ether oxygens (including phenoxy) is 1. The number of aryl methyl sites for hydroxylation is 1. The minimum Gasteiger partial charge on any atom is -0.374 e. The Labute approximate surface area is 117 Å². The van der Waals surface area contributed by atoms with Crippen molar-refractivity contribution in [2.24, 2.45) is 0 Å². The molecule has 0 spiro atoms. The molecular formula is C13H19N5O2. The van der Waals surface area contributed by atoms with Crippen LogP contribution in [-0.4, -0.2) is 60.5 Å². The second kappa shape index (κ2) is 4.90. The van der Waals surface area contributed by atoms with Crippen molar-refractivity contribution in [2.45, 2.75) is 25.5 Å². The van der Waals surface area contributed by atoms with Crippen LogP contribution in [0.5, 0.6) is 0 Å². The highest BCUT2D eigenvalue weighted by Gasteiger charge is 2.47. The summed E-state index contributed by atoms with van der Waals surface area (Å²) in [6, 6.07) is 1.99. The number of nitrogens with one attached hydrogen (secondary N) is 1. The second-order valence-electron chi connectivity index (χ2n) is 5.45. The fourth-order valence-electron chi connectivity index (χ4n) is 2.48. The number of carbonyl (C=O) groups excluding carboxylic acids is 1. The van der Waals surface area contributed by atoms with Gasteiger partial charge >= 0.3 is 6.03 Å². The van der Waals surface area contributed by atoms with Crippen LogP contribution in [0.1, 0.15) is 12.1 Å². The number of anilines is 2. The lowest BCUT2D eigenvalue weighted by molar-refractivity contribution is 0.0483. The van der Waals surface area contributed by atoms with Gasteiger partial charge in [0.15, 0.2) is 5.82 Å². The van der Waals surface area contributed by atoms with Gasteiger partial charge in [0.2, 0.25) is 0 Å². The highest BCUT2D eigenvalue weighted by Crippen LogP contribution is 2.35. The van der Waals surface area contributed by atoms with E-state index in [9.17, 15) is 4.79 Å². The minimum atomic E-state index is -0.0868. The Morgan fingerprint density at radius 2 is 2.30 bits per heavy atom. The molecule has 2 atom stereocenters. The number of hydrogen-bond donors (Lipinski definition) is 1. The lowest BCUT2D eigenvalue weighted by Gasteiger charge is -2.27. The van der Waals surface area contributed by atoms with Gasteiger partial charge in [0, 0.05) is 20.6 Å². The predicted octanol–water partition coefficient (Wildman–Crippen LogP) is 0.856. The highest BCUT2D eigenvalue weighted by atomic mass is 16.5. The smallest absolute Gasteiger partial charge is 0.322 e. The van der Waals surface area contributed by atoms with Gasteiger partial charge in [0.25, 0.3) is 0 Å². The molecule has 2 unspecified atom stereocenters. The van der Waals surface area contributed by atoms with Crippen molar-refractivity contribution in [3.05, 3.63) is 11.8 Å². The van der Waals surface area contributed by atoms with Crippen molar-refractivity contribution in [3.63, 3.8) is 0 Å². The van der Waals surface area contributed by atoms with E-state index in [0.29, 0.717) is 24.7 Å². The molecule has 0 aromatic carbocycles. The molecule has 108 valence electrons. The molecule has 1 saturated heterocycles. The molecule has 1 saturated carbocycles. The summed E-state index contributed by atoms with van der Waals surface area (Å²) in [4.78, 5) is 16.1. The molecule has 1 N–H and O–H groups in total. The van der Waals surface area contributed by atoms with Crippen LogP contribution >= 0.6 is 0 Å². The Balaban J connectivity index is 1.76. The normalized spacial score (nSPS) is 24.1. The molecule has 3 rings (SSSR count). The Morgan fingerprint density at radius 1 is 1.50 bits per heavy atom. The molecule has 2 amide bonds. The summed E-state index contributed by atoms with van der Waals surface area (Å²) < 4.78 is 5.51. The molecule has 0 radical (unpaired) electrons. The molecule has 1 aromatic rings. The van der Waals surface area contributed by atoms with Crippen LogP contribution in [-0.2, 0) is 4.74 Å². The van der Waals surface area contributed by atoms with E-state index >= 15 is 0 Å². The highest BCUT2D eigenvalue weighted by molar-refractivity contribution is 5.92. The largest absolute Gasteiger partial charge is 0.374 e. The number of fused-ring (bicyclic) bond motifs is 1. The standard InChI is InChI=1S/C13H19N5O2/c1-8-6-9(12(16-15-8)17(2)3)14-13(19)18-4-5-20-11-7-10(11)18/h6,10-11H,4-5,7H2,1-3H3,(H,14,15,19). The van der Waals surface area contributed by atoms with Crippen molar-refractivity contribution in [1.29, 1.82) is 0 Å². The summed E-state index contributed by atoms with van der Waals surface area (Å²) in [6.07, 6.45) is 1.18. The first-order valence-electron chi connectivity index (χ1n) is 6.77. The van der Waals surface area contributed by atoms with Gasteiger partial charge in [-0.25, -0.2) is 4.79 Å². The van der Waals surface area contributed by atoms with E-state index in [4.69, 9.17) is 4.74 Å². The fraction of sp³-hybridized carbons (Fsp3) is 0.615. The van der Waals surface area contributed by atoms with E-state index in [-0.39, 0.29) is 18.2 Å². The summed E-state index contributed by atoms with van der Waals surface area (Å²) >= 11 is 0. The van der Waals surface area contributed by atoms with Crippen molar-refractivity contribution in [2.75, 3.05) is 37.5 Å². The number of morpholine rings is 1. The molecule has 7 heteroatoms. The predicted molar refractivity (Wildman–Crippen MR) is 75.0 cm³/mol. The number of nitrogens with zero attached hydrogens (tertiary/aromatic N) is 4. The lowest BCUT2D eigenvalue weighted by atomic mass is 10.3. The first-order valence-corrected chi connectivity index (χ1v) is 6.77. The SMILES string of the molecule is Cc1cc(NC(=O)N2CCOC3CC32)c(N(C)C)nn1. The number of hydrogen-bond acceptors (Lipinski definition) is 5. The molecule has 1 aliphatic heterocycles. The zero-order chi connectivity index (χ0) is 14.3. The van der Waals surface area contributed by atoms with Crippen LogP contribution in [0.2, 0.25) is 0 Å². The Kier molecular flexibility index (Phi) is 3.21. The number of urea groups is 1. The first kappa shape index (κ1) is 13.1. The van der Waals surface area contributed by atoms with Gasteiger partial charge in [-0.15, -0.1) is 5.10 Å². The van der Waals surface area contributed by atoms with Crippen LogP contribution in [0.3, 0.4) is 0 Å². The van der Waals surface area contributed by atoms with E-state index in [1.165, 1.54) is 0 Å². The van der Waals surface area contributed by atoms with Crippen molar-refractivity contribution in [3.8, 4) is 0 Å². The summed E-state index contributed by atoms with van der Waals surface area (Å²) in [5, 5.41) is 11.1. The lowest BCUT2D eigenvalue weighted by Crippen LogP contribution is -2.43. The van der Waals surface area contributed by atoms with Gasteiger partial charge in [0.05, 0.1) is 30.1 Å². The third-order valence-corrected chi connectivity index (χ3v) is 3.59. The Morgan fingerprint density at radius 3 is 3.05 bits per heavy atom. The number of amides is 2. The summed E-state index contributed by atoms with van der Waals surface area (Å²) in [5.74, 6) is 0.657. The monoisotopic (exact) mass is 277 g/mol. The van der Waals surface area contributed by atoms with E-state index in [2.05, 4.69) is 15.5 Å². The molecule has 2 fully saturated rings. The summed E-state index contributed by atoms with van der Waals surface area (Å²) in [5.41, 5.74) is 1.47. The molecule has 20 heavy (non-hydrogen) atoms. The summed E-state index contributed by atoms with van der Waals surface area (Å²) in [6.45, 7) is 3.11. The van der Waals surface area contributed by atoms with Gasteiger partial charge in [-0.3, -0.25) is 0 Å². The van der Waals surface area contributed by atoms with E-state index in [1.54, 1.807) is 0 Å². The maximum Gasteiger partial charge on any atom is 0.322 e. The molecule has 2 heterocycles. The first-order chi connectivity index (χ1) is 9.56. The van der Waals surface area contributed by atoms with Crippen LogP contribution < -0.4 is 10.2 Å². The van der Waals surface area contributed by atoms with Gasteiger partial charge in [-0.2, -0.15) is 5.10 Å². The average molecular weight is 277 g/mol. The number of carbonyl (C=O) groups is 1. The van der Waals surface area contributed by atoms with Gasteiger partial charge < -0.3 is 19.9 Å². The topological polar surface area (TPSA) is 70.6 Å². The van der Waals surface area contributed by atoms with Crippen molar-refractivity contribution in [1.82, 2.24) is 15.1 Å². The molecule has 2 aliphatic rings. The van der Waals surface area contributed by atoms with E-state index < -0.39 is 0 Å². The molecule has 1 aliphatic carbocycles. The zero-order valence-electron chi connectivity index (χ0n) is 12.0. The molecule has 1 aromatic heterocycles.